The van der Waals surface area contributed by atoms with E-state index in [0.29, 0.717) is 36.8 Å². The van der Waals surface area contributed by atoms with Crippen molar-refractivity contribution in [1.29, 1.82) is 0 Å². The first-order chi connectivity index (χ1) is 14.8. The number of benzene rings is 2. The Bertz CT molecular complexity index is 1100. The first-order valence-corrected chi connectivity index (χ1v) is 11.6. The molecule has 0 aliphatic carbocycles. The summed E-state index contributed by atoms with van der Waals surface area (Å²) in [7, 11) is 0.531. The Balaban J connectivity index is 1.66. The maximum Gasteiger partial charge on any atom is 0.254 e. The normalized spacial score (nSPS) is 18.3. The van der Waals surface area contributed by atoms with Gasteiger partial charge in [-0.1, -0.05) is 6.07 Å². The van der Waals surface area contributed by atoms with Crippen LogP contribution in [0, 0.1) is 0 Å². The topological polar surface area (TPSA) is 85.4 Å². The highest BCUT2D eigenvalue weighted by atomic mass is 32.2. The molecule has 0 saturated carbocycles. The number of sulfonamides is 1. The Morgan fingerprint density at radius 3 is 2.55 bits per heavy atom. The fourth-order valence-electron chi connectivity index (χ4n) is 4.00. The molecule has 0 aromatic heterocycles. The zero-order valence-corrected chi connectivity index (χ0v) is 18.6. The maximum atomic E-state index is 13.4. The van der Waals surface area contributed by atoms with Gasteiger partial charge in [-0.15, -0.1) is 0 Å². The highest BCUT2D eigenvalue weighted by Crippen LogP contribution is 2.39. The molecule has 2 aliphatic heterocycles. The van der Waals surface area contributed by atoms with Crippen LogP contribution in [0.4, 0.5) is 0 Å². The van der Waals surface area contributed by atoms with Crippen LogP contribution in [0.1, 0.15) is 34.8 Å². The lowest BCUT2D eigenvalue weighted by molar-refractivity contribution is 0.0735. The summed E-state index contributed by atoms with van der Waals surface area (Å²) in [6.07, 6.45) is 1.69. The van der Waals surface area contributed by atoms with E-state index in [9.17, 15) is 13.2 Å². The third kappa shape index (κ3) is 3.95. The van der Waals surface area contributed by atoms with E-state index in [-0.39, 0.29) is 22.6 Å². The minimum atomic E-state index is -3.77. The van der Waals surface area contributed by atoms with E-state index in [1.807, 2.05) is 18.2 Å². The van der Waals surface area contributed by atoms with Crippen LogP contribution in [0.3, 0.4) is 0 Å². The number of nitrogens with zero attached hydrogens (tertiary/aromatic N) is 2. The third-order valence-electron chi connectivity index (χ3n) is 5.63. The number of ether oxygens (including phenoxy) is 3. The molecule has 1 fully saturated rings. The molecule has 4 rings (SSSR count). The van der Waals surface area contributed by atoms with Crippen molar-refractivity contribution in [3.8, 4) is 17.2 Å². The van der Waals surface area contributed by atoms with Crippen LogP contribution in [-0.4, -0.2) is 64.5 Å². The molecule has 166 valence electrons. The molecular formula is C22H26N2O6S. The second kappa shape index (κ2) is 8.39. The lowest BCUT2D eigenvalue weighted by Gasteiger charge is -2.27. The average Bonchev–Trinajstić information content (AvgIpc) is 3.27. The quantitative estimate of drug-likeness (QED) is 0.702. The number of likely N-dealkylation sites (tertiary alicyclic amines) is 1. The van der Waals surface area contributed by atoms with E-state index in [1.165, 1.54) is 33.3 Å². The molecule has 1 amide bonds. The molecule has 0 bridgehead atoms. The summed E-state index contributed by atoms with van der Waals surface area (Å²) in [6, 6.07) is 10.2. The predicted octanol–water partition coefficient (Wildman–Crippen LogP) is 2.69. The van der Waals surface area contributed by atoms with Gasteiger partial charge < -0.3 is 19.1 Å². The molecule has 31 heavy (non-hydrogen) atoms. The molecule has 1 saturated heterocycles. The number of carbonyl (C=O) groups excluding carboxylic acids is 1. The number of methoxy groups -OCH3 is 1. The standard InChI is InChI=1S/C22H26N2O6S/c1-23(2)31(26,27)21-14-16(7-9-19(21)28-3)22(25)24-10-4-5-17(24)15-6-8-18-20(13-15)30-12-11-29-18/h6-9,13-14,17H,4-5,10-12H2,1-3H3. The van der Waals surface area contributed by atoms with Gasteiger partial charge in [0.05, 0.1) is 13.2 Å². The molecule has 8 nitrogen and oxygen atoms in total. The van der Waals surface area contributed by atoms with Crippen molar-refractivity contribution < 1.29 is 27.4 Å². The summed E-state index contributed by atoms with van der Waals surface area (Å²) in [5, 5.41) is 0. The number of hydrogen-bond donors (Lipinski definition) is 0. The van der Waals surface area contributed by atoms with Crippen LogP contribution in [0.5, 0.6) is 17.2 Å². The zero-order valence-electron chi connectivity index (χ0n) is 17.8. The van der Waals surface area contributed by atoms with E-state index in [0.717, 1.165) is 22.7 Å². The number of amides is 1. The van der Waals surface area contributed by atoms with Crippen molar-refractivity contribution >= 4 is 15.9 Å². The van der Waals surface area contributed by atoms with Crippen molar-refractivity contribution in [3.05, 3.63) is 47.5 Å². The summed E-state index contributed by atoms with van der Waals surface area (Å²) in [5.74, 6) is 1.39. The third-order valence-corrected chi connectivity index (χ3v) is 7.47. The van der Waals surface area contributed by atoms with Crippen molar-refractivity contribution in [2.24, 2.45) is 0 Å². The smallest absolute Gasteiger partial charge is 0.254 e. The number of fused-ring (bicyclic) bond motifs is 1. The molecule has 9 heteroatoms. The second-order valence-corrected chi connectivity index (χ2v) is 9.83. The minimum absolute atomic E-state index is 0.0269. The number of hydrogen-bond acceptors (Lipinski definition) is 6. The predicted molar refractivity (Wildman–Crippen MR) is 114 cm³/mol. The van der Waals surface area contributed by atoms with Crippen LogP contribution < -0.4 is 14.2 Å². The van der Waals surface area contributed by atoms with Gasteiger partial charge in [-0.3, -0.25) is 4.79 Å². The Kier molecular flexibility index (Phi) is 5.81. The summed E-state index contributed by atoms with van der Waals surface area (Å²) in [4.78, 5) is 15.2. The van der Waals surface area contributed by atoms with Crippen LogP contribution in [0.15, 0.2) is 41.3 Å². The molecule has 1 unspecified atom stereocenters. The SMILES string of the molecule is COc1ccc(C(=O)N2CCCC2c2ccc3c(c2)OCCO3)cc1S(=O)(=O)N(C)C. The summed E-state index contributed by atoms with van der Waals surface area (Å²) in [6.45, 7) is 1.62. The fourth-order valence-corrected chi connectivity index (χ4v) is 5.07. The molecular weight excluding hydrogens is 420 g/mol. The van der Waals surface area contributed by atoms with Gasteiger partial charge in [0.25, 0.3) is 5.91 Å². The summed E-state index contributed by atoms with van der Waals surface area (Å²) < 4.78 is 43.1. The van der Waals surface area contributed by atoms with Gasteiger partial charge in [-0.25, -0.2) is 12.7 Å². The van der Waals surface area contributed by atoms with Crippen LogP contribution in [0.25, 0.3) is 0 Å². The Morgan fingerprint density at radius 1 is 1.10 bits per heavy atom. The first kappa shape index (κ1) is 21.5. The van der Waals surface area contributed by atoms with Crippen molar-refractivity contribution in [2.75, 3.05) is 41.0 Å². The zero-order chi connectivity index (χ0) is 22.2. The molecule has 2 aromatic carbocycles. The molecule has 2 heterocycles. The van der Waals surface area contributed by atoms with Crippen LogP contribution >= 0.6 is 0 Å². The lowest BCUT2D eigenvalue weighted by atomic mass is 10.0. The highest BCUT2D eigenvalue weighted by Gasteiger charge is 2.33. The highest BCUT2D eigenvalue weighted by molar-refractivity contribution is 7.89. The second-order valence-electron chi connectivity index (χ2n) is 7.71. The van der Waals surface area contributed by atoms with Gasteiger partial charge in [-0.2, -0.15) is 0 Å². The van der Waals surface area contributed by atoms with Gasteiger partial charge in [0, 0.05) is 26.2 Å². The molecule has 2 aliphatic rings. The molecule has 0 N–H and O–H groups in total. The first-order valence-electron chi connectivity index (χ1n) is 10.1. The van der Waals surface area contributed by atoms with Crippen LogP contribution in [0.2, 0.25) is 0 Å². The average molecular weight is 447 g/mol. The van der Waals surface area contributed by atoms with Crippen molar-refractivity contribution in [3.63, 3.8) is 0 Å². The fraction of sp³-hybridized carbons (Fsp3) is 0.409. The molecule has 2 aromatic rings. The molecule has 0 spiro atoms. The van der Waals surface area contributed by atoms with Gasteiger partial charge in [0.2, 0.25) is 10.0 Å². The van der Waals surface area contributed by atoms with Gasteiger partial charge in [0.1, 0.15) is 23.9 Å². The van der Waals surface area contributed by atoms with Crippen molar-refractivity contribution in [1.82, 2.24) is 9.21 Å². The minimum Gasteiger partial charge on any atom is -0.495 e. The van der Waals surface area contributed by atoms with E-state index in [4.69, 9.17) is 14.2 Å². The lowest BCUT2D eigenvalue weighted by Crippen LogP contribution is -2.31. The van der Waals surface area contributed by atoms with Crippen LogP contribution in [-0.2, 0) is 10.0 Å². The monoisotopic (exact) mass is 446 g/mol. The largest absolute Gasteiger partial charge is 0.495 e. The van der Waals surface area contributed by atoms with E-state index in [1.54, 1.807) is 11.0 Å². The van der Waals surface area contributed by atoms with Gasteiger partial charge >= 0.3 is 0 Å². The Hall–Kier alpha value is -2.78. The van der Waals surface area contributed by atoms with Gasteiger partial charge in [0.15, 0.2) is 11.5 Å². The van der Waals surface area contributed by atoms with Gasteiger partial charge in [-0.05, 0) is 48.7 Å². The van der Waals surface area contributed by atoms with E-state index >= 15 is 0 Å². The molecule has 0 radical (unpaired) electrons. The Morgan fingerprint density at radius 2 is 1.84 bits per heavy atom. The van der Waals surface area contributed by atoms with E-state index < -0.39 is 10.0 Å². The maximum absolute atomic E-state index is 13.4. The Labute approximate surface area is 182 Å². The molecule has 1 atom stereocenters. The summed E-state index contributed by atoms with van der Waals surface area (Å²) in [5.41, 5.74) is 1.29. The number of rotatable bonds is 5. The van der Waals surface area contributed by atoms with Crippen molar-refractivity contribution in [2.45, 2.75) is 23.8 Å². The summed E-state index contributed by atoms with van der Waals surface area (Å²) >= 11 is 0. The van der Waals surface area contributed by atoms with E-state index in [2.05, 4.69) is 0 Å². The number of carbonyl (C=O) groups is 1.